The van der Waals surface area contributed by atoms with Crippen LogP contribution in [0.3, 0.4) is 0 Å². The van der Waals surface area contributed by atoms with Crippen LogP contribution >= 0.6 is 11.8 Å². The van der Waals surface area contributed by atoms with Crippen molar-refractivity contribution < 1.29 is 9.59 Å². The number of hydrogen-bond acceptors (Lipinski definition) is 3. The van der Waals surface area contributed by atoms with Gasteiger partial charge >= 0.3 is 0 Å². The minimum Gasteiger partial charge on any atom is -0.326 e. The second-order valence-corrected chi connectivity index (χ2v) is 5.93. The standard InChI is InChI=1S/C18H20N2O2S/c1-4-17(21)19-13-9-10-15(12(2)11-13)20-18(22)14-7-5-6-8-16(14)23-3/h5-11H,4H2,1-3H3,(H,19,21)(H,20,22). The summed E-state index contributed by atoms with van der Waals surface area (Å²) in [5, 5.41) is 5.74. The zero-order valence-corrected chi connectivity index (χ0v) is 14.3. The number of anilines is 2. The highest BCUT2D eigenvalue weighted by atomic mass is 32.2. The Morgan fingerprint density at radius 2 is 1.83 bits per heavy atom. The van der Waals surface area contributed by atoms with E-state index >= 15 is 0 Å². The highest BCUT2D eigenvalue weighted by Crippen LogP contribution is 2.24. The van der Waals surface area contributed by atoms with Crippen molar-refractivity contribution in [1.82, 2.24) is 0 Å². The van der Waals surface area contributed by atoms with E-state index in [-0.39, 0.29) is 11.8 Å². The summed E-state index contributed by atoms with van der Waals surface area (Å²) in [7, 11) is 0. The molecule has 0 bridgehead atoms. The van der Waals surface area contributed by atoms with Crippen molar-refractivity contribution in [3.63, 3.8) is 0 Å². The molecule has 0 aliphatic rings. The lowest BCUT2D eigenvalue weighted by Gasteiger charge is -2.12. The maximum atomic E-state index is 12.5. The van der Waals surface area contributed by atoms with Gasteiger partial charge in [-0.1, -0.05) is 19.1 Å². The summed E-state index contributed by atoms with van der Waals surface area (Å²) in [4.78, 5) is 24.8. The number of amides is 2. The van der Waals surface area contributed by atoms with Gasteiger partial charge in [0.2, 0.25) is 5.91 Å². The molecule has 2 rings (SSSR count). The lowest BCUT2D eigenvalue weighted by atomic mass is 10.1. The molecule has 0 saturated carbocycles. The number of aryl methyl sites for hydroxylation is 1. The van der Waals surface area contributed by atoms with Crippen LogP contribution in [0.2, 0.25) is 0 Å². The fourth-order valence-corrected chi connectivity index (χ4v) is 2.75. The van der Waals surface area contributed by atoms with Crippen molar-refractivity contribution >= 4 is 35.0 Å². The molecule has 2 aromatic rings. The zero-order valence-electron chi connectivity index (χ0n) is 13.5. The number of benzene rings is 2. The predicted octanol–water partition coefficient (Wildman–Crippen LogP) is 4.32. The molecule has 0 aliphatic heterocycles. The van der Waals surface area contributed by atoms with Gasteiger partial charge in [-0.2, -0.15) is 0 Å². The largest absolute Gasteiger partial charge is 0.326 e. The molecule has 2 aromatic carbocycles. The Labute approximate surface area is 140 Å². The Balaban J connectivity index is 2.17. The van der Waals surface area contributed by atoms with E-state index in [9.17, 15) is 9.59 Å². The molecule has 0 saturated heterocycles. The molecule has 0 radical (unpaired) electrons. The summed E-state index contributed by atoms with van der Waals surface area (Å²) in [5.74, 6) is -0.168. The van der Waals surface area contributed by atoms with E-state index in [1.807, 2.05) is 43.5 Å². The molecule has 0 unspecified atom stereocenters. The molecule has 0 atom stereocenters. The topological polar surface area (TPSA) is 58.2 Å². The quantitative estimate of drug-likeness (QED) is 0.804. The van der Waals surface area contributed by atoms with Crippen molar-refractivity contribution in [2.75, 3.05) is 16.9 Å². The van der Waals surface area contributed by atoms with Crippen LogP contribution < -0.4 is 10.6 Å². The Morgan fingerprint density at radius 3 is 2.48 bits per heavy atom. The van der Waals surface area contributed by atoms with Crippen LogP contribution in [0.15, 0.2) is 47.4 Å². The summed E-state index contributed by atoms with van der Waals surface area (Å²) in [6.07, 6.45) is 2.38. The van der Waals surface area contributed by atoms with E-state index in [2.05, 4.69) is 10.6 Å². The third-order valence-corrected chi connectivity index (χ3v) is 4.23. The second-order valence-electron chi connectivity index (χ2n) is 5.09. The molecule has 0 heterocycles. The summed E-state index contributed by atoms with van der Waals surface area (Å²) in [6.45, 7) is 3.71. The third kappa shape index (κ3) is 4.36. The van der Waals surface area contributed by atoms with Crippen molar-refractivity contribution in [2.24, 2.45) is 0 Å². The minimum absolute atomic E-state index is 0.0323. The first-order valence-electron chi connectivity index (χ1n) is 7.40. The third-order valence-electron chi connectivity index (χ3n) is 3.43. The van der Waals surface area contributed by atoms with Gasteiger partial charge in [0.25, 0.3) is 5.91 Å². The normalized spacial score (nSPS) is 10.2. The minimum atomic E-state index is -0.136. The van der Waals surface area contributed by atoms with Crippen LogP contribution in [0.25, 0.3) is 0 Å². The van der Waals surface area contributed by atoms with Crippen LogP contribution in [0.1, 0.15) is 29.3 Å². The van der Waals surface area contributed by atoms with Crippen LogP contribution in [0.5, 0.6) is 0 Å². The Morgan fingerprint density at radius 1 is 1.09 bits per heavy atom. The monoisotopic (exact) mass is 328 g/mol. The maximum absolute atomic E-state index is 12.5. The Bertz CT molecular complexity index is 729. The van der Waals surface area contributed by atoms with Gasteiger partial charge in [-0.3, -0.25) is 9.59 Å². The smallest absolute Gasteiger partial charge is 0.256 e. The van der Waals surface area contributed by atoms with Crippen molar-refractivity contribution in [1.29, 1.82) is 0 Å². The van der Waals surface area contributed by atoms with Crippen LogP contribution in [-0.4, -0.2) is 18.1 Å². The lowest BCUT2D eigenvalue weighted by Crippen LogP contribution is -2.14. The maximum Gasteiger partial charge on any atom is 0.256 e. The van der Waals surface area contributed by atoms with Gasteiger partial charge < -0.3 is 10.6 Å². The Hall–Kier alpha value is -2.27. The van der Waals surface area contributed by atoms with Crippen LogP contribution in [0.4, 0.5) is 11.4 Å². The van der Waals surface area contributed by atoms with E-state index in [0.29, 0.717) is 12.0 Å². The molecule has 0 aliphatic carbocycles. The number of carbonyl (C=O) groups excluding carboxylic acids is 2. The predicted molar refractivity (Wildman–Crippen MR) is 96.3 cm³/mol. The van der Waals surface area contributed by atoms with E-state index in [4.69, 9.17) is 0 Å². The molecular weight excluding hydrogens is 308 g/mol. The average Bonchev–Trinajstić information content (AvgIpc) is 2.57. The van der Waals surface area contributed by atoms with Gasteiger partial charge in [-0.25, -0.2) is 0 Å². The molecule has 0 aromatic heterocycles. The fraction of sp³-hybridized carbons (Fsp3) is 0.222. The number of hydrogen-bond donors (Lipinski definition) is 2. The van der Waals surface area contributed by atoms with Crippen molar-refractivity contribution in [3.8, 4) is 0 Å². The first-order valence-corrected chi connectivity index (χ1v) is 8.62. The molecular formula is C18H20N2O2S. The lowest BCUT2D eigenvalue weighted by molar-refractivity contribution is -0.115. The first kappa shape index (κ1) is 17.1. The molecule has 0 fully saturated rings. The van der Waals surface area contributed by atoms with Gasteiger partial charge in [0.1, 0.15) is 0 Å². The summed E-state index contributed by atoms with van der Waals surface area (Å²) in [5.41, 5.74) is 3.02. The summed E-state index contributed by atoms with van der Waals surface area (Å²) < 4.78 is 0. The number of thioether (sulfide) groups is 1. The summed E-state index contributed by atoms with van der Waals surface area (Å²) >= 11 is 1.54. The van der Waals surface area contributed by atoms with Crippen LogP contribution in [0, 0.1) is 6.92 Å². The van der Waals surface area contributed by atoms with E-state index in [1.54, 1.807) is 30.8 Å². The molecule has 4 nitrogen and oxygen atoms in total. The number of carbonyl (C=O) groups is 2. The van der Waals surface area contributed by atoms with E-state index < -0.39 is 0 Å². The Kier molecular flexibility index (Phi) is 5.82. The molecule has 0 spiro atoms. The van der Waals surface area contributed by atoms with Gasteiger partial charge in [-0.05, 0) is 49.1 Å². The van der Waals surface area contributed by atoms with Gasteiger partial charge in [0.05, 0.1) is 5.56 Å². The number of rotatable bonds is 5. The molecule has 23 heavy (non-hydrogen) atoms. The van der Waals surface area contributed by atoms with Crippen molar-refractivity contribution in [2.45, 2.75) is 25.2 Å². The second kappa shape index (κ2) is 7.83. The van der Waals surface area contributed by atoms with Gasteiger partial charge in [0.15, 0.2) is 0 Å². The zero-order chi connectivity index (χ0) is 16.8. The molecule has 5 heteroatoms. The van der Waals surface area contributed by atoms with E-state index in [1.165, 1.54) is 0 Å². The van der Waals surface area contributed by atoms with Gasteiger partial charge in [0, 0.05) is 22.7 Å². The SMILES string of the molecule is CCC(=O)Nc1ccc(NC(=O)c2ccccc2SC)c(C)c1. The summed E-state index contributed by atoms with van der Waals surface area (Å²) in [6, 6.07) is 13.0. The molecule has 2 N–H and O–H groups in total. The average molecular weight is 328 g/mol. The molecule has 2 amide bonds. The van der Waals surface area contributed by atoms with Crippen molar-refractivity contribution in [3.05, 3.63) is 53.6 Å². The highest BCUT2D eigenvalue weighted by Gasteiger charge is 2.12. The van der Waals surface area contributed by atoms with Gasteiger partial charge in [-0.15, -0.1) is 11.8 Å². The van der Waals surface area contributed by atoms with Crippen LogP contribution in [-0.2, 0) is 4.79 Å². The highest BCUT2D eigenvalue weighted by molar-refractivity contribution is 7.98. The fourth-order valence-electron chi connectivity index (χ4n) is 2.15. The van der Waals surface area contributed by atoms with E-state index in [0.717, 1.165) is 21.8 Å². The number of nitrogens with one attached hydrogen (secondary N) is 2. The molecule has 120 valence electrons. The first-order chi connectivity index (χ1) is 11.0.